The van der Waals surface area contributed by atoms with Gasteiger partial charge >= 0.3 is 11.9 Å². The van der Waals surface area contributed by atoms with Gasteiger partial charge in [0.1, 0.15) is 11.1 Å². The summed E-state index contributed by atoms with van der Waals surface area (Å²) in [7, 11) is 0. The van der Waals surface area contributed by atoms with E-state index in [1.807, 2.05) is 0 Å². The summed E-state index contributed by atoms with van der Waals surface area (Å²) in [5.41, 5.74) is 3.58. The minimum Gasteiger partial charge on any atom is -0.480 e. The molecule has 90 valence electrons. The lowest BCUT2D eigenvalue weighted by molar-refractivity contribution is -0.158. The van der Waals surface area contributed by atoms with Gasteiger partial charge < -0.3 is 15.6 Å². The molecule has 0 aliphatic heterocycles. The summed E-state index contributed by atoms with van der Waals surface area (Å²) in [6, 6.07) is 0. The highest BCUT2D eigenvalue weighted by molar-refractivity contribution is 5.85. The molecule has 0 bridgehead atoms. The van der Waals surface area contributed by atoms with Crippen molar-refractivity contribution in [2.75, 3.05) is 0 Å². The predicted molar refractivity (Wildman–Crippen MR) is 57.6 cm³/mol. The Bertz CT molecular complexity index is 342. The fraction of sp³-hybridized carbons (Fsp3) is 0.636. The van der Waals surface area contributed by atoms with E-state index in [1.165, 1.54) is 12.2 Å². The molecule has 1 aliphatic rings. The number of carbonyl (C=O) groups excluding carboxylic acids is 1. The van der Waals surface area contributed by atoms with Gasteiger partial charge in [-0.25, -0.2) is 4.79 Å². The second kappa shape index (κ2) is 3.90. The van der Waals surface area contributed by atoms with Crippen molar-refractivity contribution in [3.63, 3.8) is 0 Å². The first-order chi connectivity index (χ1) is 7.14. The molecule has 0 unspecified atom stereocenters. The molecular formula is C11H17NO4. The molecule has 1 rings (SSSR count). The van der Waals surface area contributed by atoms with Gasteiger partial charge in [-0.3, -0.25) is 4.79 Å². The predicted octanol–water partition coefficient (Wildman–Crippen LogP) is 0.686. The lowest BCUT2D eigenvalue weighted by Crippen LogP contribution is -2.45. The van der Waals surface area contributed by atoms with E-state index in [9.17, 15) is 9.59 Å². The van der Waals surface area contributed by atoms with Crippen molar-refractivity contribution < 1.29 is 19.4 Å². The van der Waals surface area contributed by atoms with E-state index < -0.39 is 29.0 Å². The summed E-state index contributed by atoms with van der Waals surface area (Å²) in [6.07, 6.45) is 2.91. The number of carboxylic acid groups (broad SMARTS) is 1. The van der Waals surface area contributed by atoms with Gasteiger partial charge in [0.2, 0.25) is 0 Å². The average Bonchev–Trinajstić information content (AvgIpc) is 2.46. The molecule has 0 spiro atoms. The molecule has 0 fully saturated rings. The van der Waals surface area contributed by atoms with Gasteiger partial charge in [-0.15, -0.1) is 0 Å². The number of hydrogen-bond acceptors (Lipinski definition) is 4. The minimum absolute atomic E-state index is 0.0528. The lowest BCUT2D eigenvalue weighted by Gasteiger charge is -2.23. The van der Waals surface area contributed by atoms with Crippen molar-refractivity contribution in [1.29, 1.82) is 0 Å². The van der Waals surface area contributed by atoms with E-state index in [2.05, 4.69) is 0 Å². The highest BCUT2D eigenvalue weighted by Gasteiger charge is 2.41. The summed E-state index contributed by atoms with van der Waals surface area (Å²) >= 11 is 0. The topological polar surface area (TPSA) is 89.6 Å². The molecule has 0 heterocycles. The van der Waals surface area contributed by atoms with Crippen LogP contribution in [0.4, 0.5) is 0 Å². The zero-order valence-corrected chi connectivity index (χ0v) is 9.69. The van der Waals surface area contributed by atoms with Gasteiger partial charge in [0.05, 0.1) is 5.92 Å². The summed E-state index contributed by atoms with van der Waals surface area (Å²) < 4.78 is 5.16. The second-order valence-corrected chi connectivity index (χ2v) is 5.05. The van der Waals surface area contributed by atoms with Gasteiger partial charge in [0.25, 0.3) is 0 Å². The van der Waals surface area contributed by atoms with Gasteiger partial charge in [-0.1, -0.05) is 12.2 Å². The molecule has 0 aromatic carbocycles. The van der Waals surface area contributed by atoms with E-state index in [0.717, 1.165) is 0 Å². The Labute approximate surface area is 94.3 Å². The molecule has 2 atom stereocenters. The van der Waals surface area contributed by atoms with Crippen LogP contribution >= 0.6 is 0 Å². The maximum Gasteiger partial charge on any atom is 0.327 e. The van der Waals surface area contributed by atoms with E-state index >= 15 is 0 Å². The third-order valence-corrected chi connectivity index (χ3v) is 2.29. The fourth-order valence-electron chi connectivity index (χ4n) is 1.49. The molecule has 0 saturated heterocycles. The molecule has 0 radical (unpaired) electrons. The van der Waals surface area contributed by atoms with Crippen molar-refractivity contribution in [3.05, 3.63) is 12.2 Å². The van der Waals surface area contributed by atoms with Gasteiger partial charge in [-0.05, 0) is 27.2 Å². The van der Waals surface area contributed by atoms with Crippen molar-refractivity contribution in [1.82, 2.24) is 0 Å². The van der Waals surface area contributed by atoms with Gasteiger partial charge in [0.15, 0.2) is 0 Å². The monoisotopic (exact) mass is 227 g/mol. The SMILES string of the molecule is CC(C)(C)OC(=O)[C@@H]1C=C[C@](N)(C(=O)O)C1. The molecule has 1 aliphatic carbocycles. The number of carboxylic acids is 1. The summed E-state index contributed by atoms with van der Waals surface area (Å²) in [5.74, 6) is -2.13. The quantitative estimate of drug-likeness (QED) is 0.535. The molecule has 0 aromatic rings. The molecule has 0 saturated carbocycles. The van der Waals surface area contributed by atoms with Crippen LogP contribution in [0.15, 0.2) is 12.2 Å². The number of esters is 1. The van der Waals surface area contributed by atoms with E-state index in [0.29, 0.717) is 0 Å². The molecule has 5 nitrogen and oxygen atoms in total. The fourth-order valence-corrected chi connectivity index (χ4v) is 1.49. The van der Waals surface area contributed by atoms with Crippen LogP contribution in [-0.4, -0.2) is 28.2 Å². The maximum atomic E-state index is 11.6. The van der Waals surface area contributed by atoms with Crippen molar-refractivity contribution in [3.8, 4) is 0 Å². The van der Waals surface area contributed by atoms with Crippen LogP contribution in [0.1, 0.15) is 27.2 Å². The van der Waals surface area contributed by atoms with Crippen LogP contribution in [0.5, 0.6) is 0 Å². The molecule has 0 aromatic heterocycles. The normalized spacial score (nSPS) is 29.1. The van der Waals surface area contributed by atoms with Crippen LogP contribution in [0.3, 0.4) is 0 Å². The summed E-state index contributed by atoms with van der Waals surface area (Å²) in [5, 5.41) is 8.88. The molecule has 3 N–H and O–H groups in total. The highest BCUT2D eigenvalue weighted by Crippen LogP contribution is 2.28. The van der Waals surface area contributed by atoms with Crippen LogP contribution in [-0.2, 0) is 14.3 Å². The van der Waals surface area contributed by atoms with E-state index in [1.54, 1.807) is 20.8 Å². The first kappa shape index (κ1) is 12.7. The zero-order chi connectivity index (χ0) is 12.6. The third-order valence-electron chi connectivity index (χ3n) is 2.29. The molecule has 16 heavy (non-hydrogen) atoms. The number of carbonyl (C=O) groups is 2. The van der Waals surface area contributed by atoms with Crippen molar-refractivity contribution in [2.24, 2.45) is 11.7 Å². The molecule has 0 amide bonds. The number of hydrogen-bond donors (Lipinski definition) is 2. The molecular weight excluding hydrogens is 210 g/mol. The maximum absolute atomic E-state index is 11.6. The Balaban J connectivity index is 2.65. The van der Waals surface area contributed by atoms with E-state index in [-0.39, 0.29) is 6.42 Å². The largest absolute Gasteiger partial charge is 0.480 e. The summed E-state index contributed by atoms with van der Waals surface area (Å²) in [6.45, 7) is 5.28. The second-order valence-electron chi connectivity index (χ2n) is 5.05. The zero-order valence-electron chi connectivity index (χ0n) is 9.69. The lowest BCUT2D eigenvalue weighted by atomic mass is 9.96. The van der Waals surface area contributed by atoms with Crippen LogP contribution in [0.2, 0.25) is 0 Å². The smallest absolute Gasteiger partial charge is 0.327 e. The average molecular weight is 227 g/mol. The highest BCUT2D eigenvalue weighted by atomic mass is 16.6. The number of nitrogens with two attached hydrogens (primary N) is 1. The first-order valence-corrected chi connectivity index (χ1v) is 5.08. The Kier molecular flexibility index (Phi) is 3.10. The standard InChI is InChI=1S/C11H17NO4/c1-10(2,3)16-8(13)7-4-5-11(12,6-7)9(14)15/h4-5,7H,6,12H2,1-3H3,(H,14,15)/t7-,11-/m1/s1. The number of ether oxygens (including phenoxy) is 1. The van der Waals surface area contributed by atoms with Crippen molar-refractivity contribution in [2.45, 2.75) is 38.3 Å². The molecule has 5 heteroatoms. The minimum atomic E-state index is -1.44. The van der Waals surface area contributed by atoms with Gasteiger partial charge in [0, 0.05) is 0 Å². The van der Waals surface area contributed by atoms with Crippen molar-refractivity contribution >= 4 is 11.9 Å². The number of aliphatic carboxylic acids is 1. The van der Waals surface area contributed by atoms with Gasteiger partial charge in [-0.2, -0.15) is 0 Å². The van der Waals surface area contributed by atoms with E-state index in [4.69, 9.17) is 15.6 Å². The van der Waals surface area contributed by atoms with Crippen LogP contribution < -0.4 is 5.73 Å². The third kappa shape index (κ3) is 2.82. The Morgan fingerprint density at radius 1 is 1.50 bits per heavy atom. The summed E-state index contributed by atoms with van der Waals surface area (Å²) in [4.78, 5) is 22.5. The Hall–Kier alpha value is -1.36. The van der Waals surface area contributed by atoms with Crippen LogP contribution in [0.25, 0.3) is 0 Å². The number of rotatable bonds is 2. The Morgan fingerprint density at radius 3 is 2.44 bits per heavy atom. The Morgan fingerprint density at radius 2 is 2.06 bits per heavy atom. The van der Waals surface area contributed by atoms with Crippen LogP contribution in [0, 0.1) is 5.92 Å². The first-order valence-electron chi connectivity index (χ1n) is 5.08.